The molecule has 2 saturated heterocycles. The van der Waals surface area contributed by atoms with Gasteiger partial charge in [-0.3, -0.25) is 4.79 Å². The summed E-state index contributed by atoms with van der Waals surface area (Å²) in [4.78, 5) is 11.3. The second-order valence-electron chi connectivity index (χ2n) is 5.39. The summed E-state index contributed by atoms with van der Waals surface area (Å²) in [6, 6.07) is 3.94. The van der Waals surface area contributed by atoms with Crippen LogP contribution in [-0.2, 0) is 14.8 Å². The van der Waals surface area contributed by atoms with Gasteiger partial charge in [-0.2, -0.15) is 4.31 Å². The molecule has 3 atom stereocenters. The number of nitrogens with zero attached hydrogens (tertiary/aromatic N) is 1. The molecule has 2 heterocycles. The van der Waals surface area contributed by atoms with Gasteiger partial charge in [-0.1, -0.05) is 27.5 Å². The highest BCUT2D eigenvalue weighted by Gasteiger charge is 2.54. The van der Waals surface area contributed by atoms with Crippen LogP contribution in [0.5, 0.6) is 0 Å². The van der Waals surface area contributed by atoms with Gasteiger partial charge in [0.15, 0.2) is 0 Å². The van der Waals surface area contributed by atoms with Gasteiger partial charge in [0.2, 0.25) is 10.0 Å². The summed E-state index contributed by atoms with van der Waals surface area (Å²) in [5.41, 5.74) is 0. The lowest BCUT2D eigenvalue weighted by atomic mass is 9.89. The highest BCUT2D eigenvalue weighted by atomic mass is 79.9. The molecule has 2 fully saturated rings. The first-order valence-electron chi connectivity index (χ1n) is 6.54. The first-order valence-corrected chi connectivity index (χ1v) is 9.15. The highest BCUT2D eigenvalue weighted by molar-refractivity contribution is 9.10. The van der Waals surface area contributed by atoms with Crippen LogP contribution in [0.4, 0.5) is 0 Å². The minimum atomic E-state index is -3.79. The Labute approximate surface area is 136 Å². The molecule has 2 bridgehead atoms. The fraction of sp³-hybridized carbons (Fsp3) is 0.462. The van der Waals surface area contributed by atoms with Gasteiger partial charge < -0.3 is 5.11 Å². The number of fused-ring (bicyclic) bond motifs is 2. The molecule has 1 aromatic carbocycles. The molecule has 2 aliphatic rings. The number of rotatable bonds is 3. The zero-order chi connectivity index (χ0) is 15.4. The quantitative estimate of drug-likeness (QED) is 0.855. The second-order valence-corrected chi connectivity index (χ2v) is 8.52. The standard InChI is InChI=1S/C13H13BrClNO4S/c14-7-1-3-10(15)12(5-7)21(19,20)16-8-2-4-11(16)9(6-8)13(17)18/h1,3,5,8-9,11H,2,4,6H2,(H,17,18). The molecule has 0 spiro atoms. The van der Waals surface area contributed by atoms with E-state index >= 15 is 0 Å². The van der Waals surface area contributed by atoms with Crippen molar-refractivity contribution in [3.63, 3.8) is 0 Å². The van der Waals surface area contributed by atoms with Gasteiger partial charge >= 0.3 is 5.97 Å². The Balaban J connectivity index is 2.04. The lowest BCUT2D eigenvalue weighted by Gasteiger charge is -2.23. The van der Waals surface area contributed by atoms with Crippen LogP contribution < -0.4 is 0 Å². The van der Waals surface area contributed by atoms with Gasteiger partial charge in [-0.15, -0.1) is 0 Å². The van der Waals surface area contributed by atoms with Crippen molar-refractivity contribution >= 4 is 43.5 Å². The Bertz CT molecular complexity index is 708. The summed E-state index contributed by atoms with van der Waals surface area (Å²) < 4.78 is 27.7. The first kappa shape index (κ1) is 15.3. The lowest BCUT2D eigenvalue weighted by Crippen LogP contribution is -2.38. The minimum absolute atomic E-state index is 0.0291. The number of benzene rings is 1. The Morgan fingerprint density at radius 1 is 1.38 bits per heavy atom. The van der Waals surface area contributed by atoms with E-state index in [1.165, 1.54) is 16.4 Å². The van der Waals surface area contributed by atoms with Gasteiger partial charge in [0.25, 0.3) is 0 Å². The van der Waals surface area contributed by atoms with E-state index in [4.69, 9.17) is 11.6 Å². The van der Waals surface area contributed by atoms with E-state index in [9.17, 15) is 18.3 Å². The van der Waals surface area contributed by atoms with Gasteiger partial charge in [0.1, 0.15) is 4.90 Å². The maximum Gasteiger partial charge on any atom is 0.308 e. The number of carbonyl (C=O) groups is 1. The van der Waals surface area contributed by atoms with Crippen LogP contribution in [0.3, 0.4) is 0 Å². The molecule has 0 aromatic heterocycles. The molecule has 3 unspecified atom stereocenters. The third-order valence-corrected chi connectivity index (χ3v) is 7.19. The first-order chi connectivity index (χ1) is 9.82. The average Bonchev–Trinajstić information content (AvgIpc) is 2.99. The van der Waals surface area contributed by atoms with Gasteiger partial charge in [0.05, 0.1) is 10.9 Å². The largest absolute Gasteiger partial charge is 0.481 e. The molecule has 3 rings (SSSR count). The van der Waals surface area contributed by atoms with Crippen molar-refractivity contribution in [3.8, 4) is 0 Å². The van der Waals surface area contributed by atoms with Crippen molar-refractivity contribution in [2.24, 2.45) is 5.92 Å². The topological polar surface area (TPSA) is 74.7 Å². The molecule has 1 aromatic rings. The third kappa shape index (κ3) is 2.40. The molecular weight excluding hydrogens is 382 g/mol. The van der Waals surface area contributed by atoms with E-state index in [0.717, 1.165) is 0 Å². The van der Waals surface area contributed by atoms with Crippen molar-refractivity contribution in [3.05, 3.63) is 27.7 Å². The summed E-state index contributed by atoms with van der Waals surface area (Å²) in [7, 11) is -3.79. The van der Waals surface area contributed by atoms with Gasteiger partial charge in [-0.05, 0) is 37.5 Å². The van der Waals surface area contributed by atoms with Crippen LogP contribution in [0, 0.1) is 5.92 Å². The summed E-state index contributed by atoms with van der Waals surface area (Å²) in [6.07, 6.45) is 1.68. The highest BCUT2D eigenvalue weighted by Crippen LogP contribution is 2.46. The van der Waals surface area contributed by atoms with Crippen molar-refractivity contribution in [2.45, 2.75) is 36.2 Å². The molecule has 1 N–H and O–H groups in total. The number of halogens is 2. The molecule has 2 aliphatic heterocycles. The van der Waals surface area contributed by atoms with Crippen molar-refractivity contribution in [1.29, 1.82) is 0 Å². The van der Waals surface area contributed by atoms with Crippen LogP contribution in [0.15, 0.2) is 27.6 Å². The Morgan fingerprint density at radius 3 is 2.71 bits per heavy atom. The summed E-state index contributed by atoms with van der Waals surface area (Å²) in [5, 5.41) is 9.38. The molecule has 0 saturated carbocycles. The second kappa shape index (κ2) is 5.22. The predicted molar refractivity (Wildman–Crippen MR) is 80.7 cm³/mol. The van der Waals surface area contributed by atoms with Crippen LogP contribution in [0.25, 0.3) is 0 Å². The number of sulfonamides is 1. The Morgan fingerprint density at radius 2 is 2.10 bits per heavy atom. The molecule has 0 aliphatic carbocycles. The molecule has 21 heavy (non-hydrogen) atoms. The normalized spacial score (nSPS) is 29.0. The van der Waals surface area contributed by atoms with E-state index in [1.807, 2.05) is 0 Å². The van der Waals surface area contributed by atoms with Crippen molar-refractivity contribution < 1.29 is 18.3 Å². The predicted octanol–water partition coefficient (Wildman–Crippen LogP) is 2.73. The van der Waals surface area contributed by atoms with Crippen LogP contribution in [0.2, 0.25) is 5.02 Å². The molecule has 114 valence electrons. The molecule has 0 radical (unpaired) electrons. The average molecular weight is 395 g/mol. The summed E-state index contributed by atoms with van der Waals surface area (Å²) in [6.45, 7) is 0. The SMILES string of the molecule is O=C(O)C1CC2CCC1N2S(=O)(=O)c1cc(Br)ccc1Cl. The third-order valence-electron chi connectivity index (χ3n) is 4.24. The van der Waals surface area contributed by atoms with E-state index in [-0.39, 0.29) is 16.0 Å². The summed E-state index contributed by atoms with van der Waals surface area (Å²) >= 11 is 9.27. The van der Waals surface area contributed by atoms with Crippen LogP contribution in [-0.4, -0.2) is 35.9 Å². The lowest BCUT2D eigenvalue weighted by molar-refractivity contribution is -0.142. The zero-order valence-electron chi connectivity index (χ0n) is 10.9. The van der Waals surface area contributed by atoms with Gasteiger partial charge in [0, 0.05) is 16.6 Å². The molecule has 0 amide bonds. The van der Waals surface area contributed by atoms with Gasteiger partial charge in [-0.25, -0.2) is 8.42 Å². The van der Waals surface area contributed by atoms with E-state index < -0.39 is 28.0 Å². The maximum absolute atomic E-state index is 12.9. The number of aliphatic carboxylic acids is 1. The van der Waals surface area contributed by atoms with E-state index in [2.05, 4.69) is 15.9 Å². The summed E-state index contributed by atoms with van der Waals surface area (Å²) in [5.74, 6) is -1.55. The minimum Gasteiger partial charge on any atom is -0.481 e. The molecular formula is C13H13BrClNO4S. The van der Waals surface area contributed by atoms with Crippen molar-refractivity contribution in [1.82, 2.24) is 4.31 Å². The maximum atomic E-state index is 12.9. The zero-order valence-corrected chi connectivity index (χ0v) is 14.0. The molecule has 5 nitrogen and oxygen atoms in total. The number of carboxylic acid groups (broad SMARTS) is 1. The van der Waals surface area contributed by atoms with Crippen LogP contribution in [0.1, 0.15) is 19.3 Å². The molecule has 8 heteroatoms. The number of hydrogen-bond donors (Lipinski definition) is 1. The van der Waals surface area contributed by atoms with Crippen molar-refractivity contribution in [2.75, 3.05) is 0 Å². The Hall–Kier alpha value is -0.630. The Kier molecular flexibility index (Phi) is 3.80. The van der Waals surface area contributed by atoms with Crippen LogP contribution >= 0.6 is 27.5 Å². The number of carboxylic acids is 1. The smallest absolute Gasteiger partial charge is 0.308 e. The monoisotopic (exact) mass is 393 g/mol. The fourth-order valence-corrected chi connectivity index (χ4v) is 6.30. The fourth-order valence-electron chi connectivity index (χ4n) is 3.37. The van der Waals surface area contributed by atoms with E-state index in [1.54, 1.807) is 6.07 Å². The number of hydrogen-bond acceptors (Lipinski definition) is 3. The van der Waals surface area contributed by atoms with E-state index in [0.29, 0.717) is 23.7 Å².